The maximum Gasteiger partial charge on any atom is 0.228 e. The van der Waals surface area contributed by atoms with E-state index in [1.165, 1.54) is 5.56 Å². The number of nitrogens with zero attached hydrogens (tertiary/aromatic N) is 2. The molecule has 0 unspecified atom stereocenters. The summed E-state index contributed by atoms with van der Waals surface area (Å²) < 4.78 is 0. The summed E-state index contributed by atoms with van der Waals surface area (Å²) in [7, 11) is 0. The van der Waals surface area contributed by atoms with Crippen molar-refractivity contribution in [2.75, 3.05) is 13.1 Å². The van der Waals surface area contributed by atoms with Gasteiger partial charge >= 0.3 is 0 Å². The number of hydrogen-bond donors (Lipinski definition) is 1. The highest BCUT2D eigenvalue weighted by Gasteiger charge is 2.20. The zero-order valence-electron chi connectivity index (χ0n) is 11.4. The number of amides is 1. The Morgan fingerprint density at radius 3 is 2.84 bits per heavy atom. The van der Waals surface area contributed by atoms with E-state index in [4.69, 9.17) is 0 Å². The number of guanidine groups is 1. The summed E-state index contributed by atoms with van der Waals surface area (Å²) in [6.45, 7) is 4.45. The van der Waals surface area contributed by atoms with Crippen LogP contribution in [-0.2, 0) is 11.3 Å². The van der Waals surface area contributed by atoms with Gasteiger partial charge in [-0.05, 0) is 12.0 Å². The van der Waals surface area contributed by atoms with Crippen LogP contribution >= 0.6 is 0 Å². The molecule has 0 spiro atoms. The van der Waals surface area contributed by atoms with Crippen molar-refractivity contribution in [1.82, 2.24) is 10.2 Å². The topological polar surface area (TPSA) is 44.7 Å². The summed E-state index contributed by atoms with van der Waals surface area (Å²) in [5, 5.41) is 2.88. The van der Waals surface area contributed by atoms with Crippen molar-refractivity contribution in [2.45, 2.75) is 32.7 Å². The van der Waals surface area contributed by atoms with Crippen molar-refractivity contribution in [1.29, 1.82) is 0 Å². The SMILES string of the molecule is CCCCN=C1NC(=O)CCN1Cc1ccccc1. The maximum absolute atomic E-state index is 11.5. The van der Waals surface area contributed by atoms with E-state index in [0.717, 1.165) is 38.4 Å². The Morgan fingerprint density at radius 2 is 2.11 bits per heavy atom. The molecule has 4 nitrogen and oxygen atoms in total. The van der Waals surface area contributed by atoms with Crippen molar-refractivity contribution in [2.24, 2.45) is 4.99 Å². The maximum atomic E-state index is 11.5. The van der Waals surface area contributed by atoms with Gasteiger partial charge < -0.3 is 4.90 Å². The number of carbonyl (C=O) groups excluding carboxylic acids is 1. The predicted octanol–water partition coefficient (Wildman–Crippen LogP) is 2.16. The molecule has 102 valence electrons. The number of rotatable bonds is 5. The molecule has 0 saturated carbocycles. The van der Waals surface area contributed by atoms with Crippen molar-refractivity contribution >= 4 is 11.9 Å². The second-order valence-corrected chi connectivity index (χ2v) is 4.76. The summed E-state index contributed by atoms with van der Waals surface area (Å²) in [5.74, 6) is 0.799. The first-order valence-corrected chi connectivity index (χ1v) is 6.92. The van der Waals surface area contributed by atoms with Crippen LogP contribution in [0.15, 0.2) is 35.3 Å². The quantitative estimate of drug-likeness (QED) is 0.824. The van der Waals surface area contributed by atoms with Crippen molar-refractivity contribution in [3.8, 4) is 0 Å². The summed E-state index contributed by atoms with van der Waals surface area (Å²) >= 11 is 0. The van der Waals surface area contributed by atoms with E-state index in [-0.39, 0.29) is 5.91 Å². The lowest BCUT2D eigenvalue weighted by atomic mass is 10.2. The third-order valence-corrected chi connectivity index (χ3v) is 3.15. The van der Waals surface area contributed by atoms with Gasteiger partial charge in [0.1, 0.15) is 0 Å². The highest BCUT2D eigenvalue weighted by atomic mass is 16.2. The molecule has 1 aromatic rings. The molecule has 1 heterocycles. The van der Waals surface area contributed by atoms with Crippen LogP contribution in [0.5, 0.6) is 0 Å². The average molecular weight is 259 g/mol. The molecule has 0 aliphatic carbocycles. The van der Waals surface area contributed by atoms with Crippen molar-refractivity contribution in [3.05, 3.63) is 35.9 Å². The van der Waals surface area contributed by atoms with Crippen LogP contribution < -0.4 is 5.32 Å². The molecular formula is C15H21N3O. The van der Waals surface area contributed by atoms with E-state index in [9.17, 15) is 4.79 Å². The van der Waals surface area contributed by atoms with Crippen LogP contribution in [0.4, 0.5) is 0 Å². The van der Waals surface area contributed by atoms with E-state index in [2.05, 4.69) is 34.3 Å². The summed E-state index contributed by atoms with van der Waals surface area (Å²) in [6, 6.07) is 10.3. The van der Waals surface area contributed by atoms with Gasteiger partial charge in [0.2, 0.25) is 11.9 Å². The lowest BCUT2D eigenvalue weighted by molar-refractivity contribution is -0.120. The molecule has 0 radical (unpaired) electrons. The van der Waals surface area contributed by atoms with E-state index < -0.39 is 0 Å². The van der Waals surface area contributed by atoms with Crippen LogP contribution in [0.3, 0.4) is 0 Å². The normalized spacial score (nSPS) is 17.6. The second-order valence-electron chi connectivity index (χ2n) is 4.76. The van der Waals surface area contributed by atoms with E-state index in [1.54, 1.807) is 0 Å². The first kappa shape index (κ1) is 13.6. The largest absolute Gasteiger partial charge is 0.338 e. The number of aliphatic imine (C=N–C) groups is 1. The van der Waals surface area contributed by atoms with Crippen LogP contribution in [0.25, 0.3) is 0 Å². The number of carbonyl (C=O) groups is 1. The van der Waals surface area contributed by atoms with Crippen LogP contribution in [-0.4, -0.2) is 29.9 Å². The molecule has 1 aromatic carbocycles. The van der Waals surface area contributed by atoms with E-state index in [1.807, 2.05) is 18.2 Å². The number of hydrogen-bond acceptors (Lipinski definition) is 2. The Balaban J connectivity index is 2.03. The third kappa shape index (κ3) is 4.09. The lowest BCUT2D eigenvalue weighted by Gasteiger charge is -2.30. The van der Waals surface area contributed by atoms with Gasteiger partial charge in [-0.2, -0.15) is 0 Å². The Bertz CT molecular complexity index is 442. The highest BCUT2D eigenvalue weighted by molar-refractivity contribution is 5.99. The van der Waals surface area contributed by atoms with Gasteiger partial charge in [0.15, 0.2) is 0 Å². The first-order valence-electron chi connectivity index (χ1n) is 6.92. The molecule has 1 saturated heterocycles. The van der Waals surface area contributed by atoms with Gasteiger partial charge in [0, 0.05) is 26.1 Å². The minimum absolute atomic E-state index is 0.0690. The molecule has 0 bridgehead atoms. The molecular weight excluding hydrogens is 238 g/mol. The number of benzene rings is 1. The van der Waals surface area contributed by atoms with E-state index >= 15 is 0 Å². The number of unbranched alkanes of at least 4 members (excludes halogenated alkanes) is 1. The summed E-state index contributed by atoms with van der Waals surface area (Å²) in [6.07, 6.45) is 2.71. The highest BCUT2D eigenvalue weighted by Crippen LogP contribution is 2.09. The first-order chi connectivity index (χ1) is 9.29. The molecule has 1 aliphatic heterocycles. The molecule has 2 rings (SSSR count). The van der Waals surface area contributed by atoms with Crippen LogP contribution in [0.1, 0.15) is 31.7 Å². The Morgan fingerprint density at radius 1 is 1.32 bits per heavy atom. The van der Waals surface area contributed by atoms with Gasteiger partial charge in [-0.25, -0.2) is 0 Å². The fraction of sp³-hybridized carbons (Fsp3) is 0.467. The predicted molar refractivity (Wildman–Crippen MR) is 76.8 cm³/mol. The summed E-state index contributed by atoms with van der Waals surface area (Å²) in [4.78, 5) is 18.1. The standard InChI is InChI=1S/C15H21N3O/c1-2-3-10-16-15-17-14(19)9-11-18(15)12-13-7-5-4-6-8-13/h4-8H,2-3,9-12H2,1H3,(H,16,17,19). The zero-order chi connectivity index (χ0) is 13.5. The van der Waals surface area contributed by atoms with Crippen molar-refractivity contribution in [3.63, 3.8) is 0 Å². The van der Waals surface area contributed by atoms with Gasteiger partial charge in [0.25, 0.3) is 0 Å². The second kappa shape index (κ2) is 6.92. The number of nitrogens with one attached hydrogen (secondary N) is 1. The van der Waals surface area contributed by atoms with Gasteiger partial charge in [0.05, 0.1) is 0 Å². The lowest BCUT2D eigenvalue weighted by Crippen LogP contribution is -2.50. The smallest absolute Gasteiger partial charge is 0.228 e. The molecule has 0 atom stereocenters. The van der Waals surface area contributed by atoms with Gasteiger partial charge in [-0.15, -0.1) is 0 Å². The van der Waals surface area contributed by atoms with Crippen molar-refractivity contribution < 1.29 is 4.79 Å². The molecule has 1 fully saturated rings. The van der Waals surface area contributed by atoms with Crippen LogP contribution in [0.2, 0.25) is 0 Å². The molecule has 1 N–H and O–H groups in total. The van der Waals surface area contributed by atoms with Crippen LogP contribution in [0, 0.1) is 0 Å². The molecule has 19 heavy (non-hydrogen) atoms. The fourth-order valence-electron chi connectivity index (χ4n) is 2.05. The monoisotopic (exact) mass is 259 g/mol. The Labute approximate surface area is 114 Å². The molecule has 4 heteroatoms. The Hall–Kier alpha value is -1.84. The molecule has 1 amide bonds. The molecule has 1 aliphatic rings. The minimum Gasteiger partial charge on any atom is -0.338 e. The van der Waals surface area contributed by atoms with Gasteiger partial charge in [-0.3, -0.25) is 15.1 Å². The van der Waals surface area contributed by atoms with Gasteiger partial charge in [-0.1, -0.05) is 43.7 Å². The third-order valence-electron chi connectivity index (χ3n) is 3.15. The average Bonchev–Trinajstić information content (AvgIpc) is 2.43. The molecule has 0 aromatic heterocycles. The fourth-order valence-corrected chi connectivity index (χ4v) is 2.05. The summed E-state index contributed by atoms with van der Waals surface area (Å²) in [5.41, 5.74) is 1.24. The zero-order valence-corrected chi connectivity index (χ0v) is 11.4. The Kier molecular flexibility index (Phi) is 4.95. The minimum atomic E-state index is 0.0690. The van der Waals surface area contributed by atoms with E-state index in [0.29, 0.717) is 6.42 Å².